The van der Waals surface area contributed by atoms with Crippen LogP contribution in [0.4, 0.5) is 5.69 Å². The van der Waals surface area contributed by atoms with Gasteiger partial charge in [-0.1, -0.05) is 30.7 Å². The average molecular weight is 365 g/mol. The fourth-order valence-corrected chi connectivity index (χ4v) is 3.84. The van der Waals surface area contributed by atoms with E-state index in [1.54, 1.807) is 11.0 Å². The Morgan fingerprint density at radius 2 is 2.00 bits per heavy atom. The maximum atomic E-state index is 12.7. The van der Waals surface area contributed by atoms with Crippen molar-refractivity contribution in [3.05, 3.63) is 29.3 Å². The standard InChI is InChI=1S/C19H25ClN2O3/c1-13-10-14(25-18(13)24)8-9-21-11-17(23)22(12-19(21,2)3)16-7-5-4-6-15(16)20/h4-7,13-14H,8-12H2,1-3H3/t13-,14+/m1/s1. The van der Waals surface area contributed by atoms with Gasteiger partial charge in [-0.05, 0) is 38.8 Å². The molecule has 0 bridgehead atoms. The molecule has 1 aromatic carbocycles. The number of carbonyl (C=O) groups excluding carboxylic acids is 2. The van der Waals surface area contributed by atoms with E-state index in [-0.39, 0.29) is 29.4 Å². The minimum Gasteiger partial charge on any atom is -0.462 e. The molecule has 0 aliphatic carbocycles. The number of esters is 1. The second-order valence-corrected chi connectivity index (χ2v) is 8.06. The number of ether oxygens (including phenoxy) is 1. The van der Waals surface area contributed by atoms with Crippen LogP contribution in [0.1, 0.15) is 33.6 Å². The van der Waals surface area contributed by atoms with Crippen molar-refractivity contribution in [2.75, 3.05) is 24.5 Å². The Morgan fingerprint density at radius 1 is 1.28 bits per heavy atom. The summed E-state index contributed by atoms with van der Waals surface area (Å²) in [6.45, 7) is 7.82. The lowest BCUT2D eigenvalue weighted by molar-refractivity contribution is -0.144. The molecule has 3 rings (SSSR count). The van der Waals surface area contributed by atoms with Gasteiger partial charge in [0.2, 0.25) is 5.91 Å². The van der Waals surface area contributed by atoms with Gasteiger partial charge in [0.25, 0.3) is 0 Å². The van der Waals surface area contributed by atoms with E-state index in [0.717, 1.165) is 25.1 Å². The third-order valence-corrected chi connectivity index (χ3v) is 5.51. The molecular weight excluding hydrogens is 340 g/mol. The molecule has 2 saturated heterocycles. The van der Waals surface area contributed by atoms with Crippen molar-refractivity contribution in [1.29, 1.82) is 0 Å². The number of hydrogen-bond acceptors (Lipinski definition) is 4. The number of benzene rings is 1. The van der Waals surface area contributed by atoms with Gasteiger partial charge in [-0.3, -0.25) is 14.5 Å². The van der Waals surface area contributed by atoms with Gasteiger partial charge in [0.05, 0.1) is 23.2 Å². The SMILES string of the molecule is C[C@@H]1C[C@H](CCN2CC(=O)N(c3ccccc3Cl)CC2(C)C)OC1=O. The highest BCUT2D eigenvalue weighted by Gasteiger charge is 2.40. The van der Waals surface area contributed by atoms with Crippen LogP contribution in [0.2, 0.25) is 5.02 Å². The predicted octanol–water partition coefficient (Wildman–Crippen LogP) is 3.11. The predicted molar refractivity (Wildman–Crippen MR) is 97.7 cm³/mol. The minimum atomic E-state index is -0.179. The van der Waals surface area contributed by atoms with Crippen LogP contribution in [0.25, 0.3) is 0 Å². The van der Waals surface area contributed by atoms with Crippen LogP contribution < -0.4 is 4.90 Å². The molecule has 1 amide bonds. The summed E-state index contributed by atoms with van der Waals surface area (Å²) in [5.74, 6) is -0.0789. The van der Waals surface area contributed by atoms with Crippen molar-refractivity contribution in [2.24, 2.45) is 5.92 Å². The lowest BCUT2D eigenvalue weighted by atomic mass is 9.96. The quantitative estimate of drug-likeness (QED) is 0.770. The maximum Gasteiger partial charge on any atom is 0.309 e. The molecule has 0 unspecified atom stereocenters. The first-order chi connectivity index (χ1) is 11.8. The summed E-state index contributed by atoms with van der Waals surface area (Å²) in [6, 6.07) is 7.44. The summed E-state index contributed by atoms with van der Waals surface area (Å²) in [4.78, 5) is 28.2. The zero-order chi connectivity index (χ0) is 18.2. The van der Waals surface area contributed by atoms with Gasteiger partial charge in [0, 0.05) is 18.6 Å². The molecular formula is C19H25ClN2O3. The molecule has 6 heteroatoms. The van der Waals surface area contributed by atoms with Gasteiger partial charge < -0.3 is 9.64 Å². The highest BCUT2D eigenvalue weighted by Crippen LogP contribution is 2.32. The molecule has 2 aliphatic heterocycles. The summed E-state index contributed by atoms with van der Waals surface area (Å²) >= 11 is 6.27. The summed E-state index contributed by atoms with van der Waals surface area (Å²) in [5.41, 5.74) is 0.585. The highest BCUT2D eigenvalue weighted by molar-refractivity contribution is 6.33. The van der Waals surface area contributed by atoms with Crippen LogP contribution in [-0.4, -0.2) is 48.1 Å². The van der Waals surface area contributed by atoms with Gasteiger partial charge in [0.1, 0.15) is 6.10 Å². The lowest BCUT2D eigenvalue weighted by Crippen LogP contribution is -2.62. The Bertz CT molecular complexity index is 676. The molecule has 5 nitrogen and oxygen atoms in total. The van der Waals surface area contributed by atoms with Crippen molar-refractivity contribution >= 4 is 29.2 Å². The van der Waals surface area contributed by atoms with Gasteiger partial charge in [-0.15, -0.1) is 0 Å². The highest BCUT2D eigenvalue weighted by atomic mass is 35.5. The number of piperazine rings is 1. The number of anilines is 1. The summed E-state index contributed by atoms with van der Waals surface area (Å²) in [7, 11) is 0. The summed E-state index contributed by atoms with van der Waals surface area (Å²) in [6.07, 6.45) is 1.50. The molecule has 0 N–H and O–H groups in total. The number of halogens is 1. The van der Waals surface area contributed by atoms with Gasteiger partial charge in [-0.2, -0.15) is 0 Å². The number of carbonyl (C=O) groups is 2. The zero-order valence-corrected chi connectivity index (χ0v) is 15.8. The summed E-state index contributed by atoms with van der Waals surface area (Å²) in [5, 5.41) is 0.590. The van der Waals surface area contributed by atoms with E-state index in [9.17, 15) is 9.59 Å². The maximum absolute atomic E-state index is 12.7. The molecule has 25 heavy (non-hydrogen) atoms. The monoisotopic (exact) mass is 364 g/mol. The summed E-state index contributed by atoms with van der Waals surface area (Å²) < 4.78 is 5.39. The normalized spacial score (nSPS) is 26.8. The van der Waals surface area contributed by atoms with Gasteiger partial charge >= 0.3 is 5.97 Å². The first kappa shape index (κ1) is 18.2. The van der Waals surface area contributed by atoms with Crippen molar-refractivity contribution in [1.82, 2.24) is 4.90 Å². The molecule has 2 aliphatic rings. The molecule has 0 spiro atoms. The van der Waals surface area contributed by atoms with E-state index in [0.29, 0.717) is 18.1 Å². The molecule has 1 aromatic rings. The lowest BCUT2D eigenvalue weighted by Gasteiger charge is -2.47. The second-order valence-electron chi connectivity index (χ2n) is 7.65. The number of hydrogen-bond donors (Lipinski definition) is 0. The average Bonchev–Trinajstić information content (AvgIpc) is 2.87. The third-order valence-electron chi connectivity index (χ3n) is 5.19. The van der Waals surface area contributed by atoms with E-state index < -0.39 is 0 Å². The molecule has 0 saturated carbocycles. The first-order valence-electron chi connectivity index (χ1n) is 8.78. The van der Waals surface area contributed by atoms with Crippen LogP contribution in [0, 0.1) is 5.92 Å². The zero-order valence-electron chi connectivity index (χ0n) is 15.0. The number of cyclic esters (lactones) is 1. The second kappa shape index (κ2) is 6.96. The number of para-hydroxylation sites is 1. The fourth-order valence-electron chi connectivity index (χ4n) is 3.61. The van der Waals surface area contributed by atoms with Gasteiger partial charge in [-0.25, -0.2) is 0 Å². The smallest absolute Gasteiger partial charge is 0.309 e. The Hall–Kier alpha value is -1.59. The molecule has 0 radical (unpaired) electrons. The van der Waals surface area contributed by atoms with Crippen molar-refractivity contribution in [2.45, 2.75) is 45.3 Å². The van der Waals surface area contributed by atoms with Crippen LogP contribution in [-0.2, 0) is 14.3 Å². The molecule has 2 heterocycles. The molecule has 2 fully saturated rings. The van der Waals surface area contributed by atoms with Crippen LogP contribution in [0.15, 0.2) is 24.3 Å². The first-order valence-corrected chi connectivity index (χ1v) is 9.16. The topological polar surface area (TPSA) is 49.9 Å². The Labute approximate surface area is 153 Å². The number of amides is 1. The van der Waals surface area contributed by atoms with Crippen molar-refractivity contribution < 1.29 is 14.3 Å². The van der Waals surface area contributed by atoms with E-state index in [2.05, 4.69) is 18.7 Å². The Balaban J connectivity index is 1.66. The molecule has 0 aromatic heterocycles. The van der Waals surface area contributed by atoms with E-state index in [4.69, 9.17) is 16.3 Å². The van der Waals surface area contributed by atoms with Crippen LogP contribution in [0.3, 0.4) is 0 Å². The Kier molecular flexibility index (Phi) is 5.07. The van der Waals surface area contributed by atoms with Crippen molar-refractivity contribution in [3.63, 3.8) is 0 Å². The van der Waals surface area contributed by atoms with Crippen LogP contribution in [0.5, 0.6) is 0 Å². The Morgan fingerprint density at radius 3 is 2.64 bits per heavy atom. The van der Waals surface area contributed by atoms with E-state index >= 15 is 0 Å². The van der Waals surface area contributed by atoms with Gasteiger partial charge in [0.15, 0.2) is 0 Å². The fraction of sp³-hybridized carbons (Fsp3) is 0.579. The molecule has 136 valence electrons. The minimum absolute atomic E-state index is 0.0169. The van der Waals surface area contributed by atoms with Crippen molar-refractivity contribution in [3.8, 4) is 0 Å². The van der Waals surface area contributed by atoms with E-state index in [1.165, 1.54) is 0 Å². The van der Waals surface area contributed by atoms with E-state index in [1.807, 2.05) is 25.1 Å². The van der Waals surface area contributed by atoms with Crippen LogP contribution >= 0.6 is 11.6 Å². The largest absolute Gasteiger partial charge is 0.462 e. The number of nitrogens with zero attached hydrogens (tertiary/aromatic N) is 2. The third kappa shape index (κ3) is 3.82. The molecule has 2 atom stereocenters. The number of rotatable bonds is 4.